The number of aliphatic hydroxyl groups is 1. The highest BCUT2D eigenvalue weighted by molar-refractivity contribution is 9.09. The molecule has 37 heavy (non-hydrogen) atoms. The van der Waals surface area contributed by atoms with Crippen LogP contribution in [0.4, 0.5) is 0 Å². The van der Waals surface area contributed by atoms with Crippen LogP contribution in [-0.2, 0) is 23.9 Å². The number of alkyl halides is 1. The molecule has 3 unspecified atom stereocenters. The Kier molecular flexibility index (Phi) is 9.02. The van der Waals surface area contributed by atoms with E-state index in [0.29, 0.717) is 19.4 Å². The van der Waals surface area contributed by atoms with Crippen molar-refractivity contribution in [1.82, 2.24) is 9.80 Å². The Morgan fingerprint density at radius 2 is 1.95 bits per heavy atom. The van der Waals surface area contributed by atoms with Gasteiger partial charge in [-0.3, -0.25) is 14.4 Å². The number of allylic oxidation sites excluding steroid dienone is 1. The van der Waals surface area contributed by atoms with Crippen LogP contribution >= 0.6 is 15.9 Å². The molecule has 6 atom stereocenters. The summed E-state index contributed by atoms with van der Waals surface area (Å²) in [5.41, 5.74) is -1.77. The molecular formula is C28H43BrN2O6. The number of likely N-dealkylation sites (tertiary alicyclic amines) is 1. The number of ether oxygens (including phenoxy) is 2. The first-order chi connectivity index (χ1) is 17.3. The Bertz CT molecular complexity index is 915. The summed E-state index contributed by atoms with van der Waals surface area (Å²) in [7, 11) is 0. The lowest BCUT2D eigenvalue weighted by atomic mass is 9.70. The van der Waals surface area contributed by atoms with Crippen molar-refractivity contribution in [1.29, 1.82) is 0 Å². The smallest absolute Gasteiger partial charge is 0.312 e. The van der Waals surface area contributed by atoms with E-state index in [1.165, 1.54) is 4.90 Å². The number of unbranched alkanes of at least 4 members (excludes halogenated alkanes) is 1. The summed E-state index contributed by atoms with van der Waals surface area (Å²) >= 11 is 3.66. The standard InChI is InChI=1S/C28H43BrN2O6/c1-8-10-11-15-36-25(35)19-20-23(33)30(13-14-32)22(28(20)16-18(29)21(19)37-28)24(34)31(12-9-2)27(6,7)17-26(3,4)5/h8-9,18-22,32H,1-2,10-17H2,3-7H3/t18?,19-,20+,21-,22?,28?/m1/s1. The van der Waals surface area contributed by atoms with Crippen LogP contribution in [0.2, 0.25) is 0 Å². The Labute approximate surface area is 229 Å². The molecule has 3 aliphatic heterocycles. The fourth-order valence-electron chi connectivity index (χ4n) is 6.83. The molecule has 8 nitrogen and oxygen atoms in total. The number of nitrogens with zero attached hydrogens (tertiary/aromatic N) is 2. The van der Waals surface area contributed by atoms with E-state index in [0.717, 1.165) is 12.8 Å². The molecule has 0 aromatic carbocycles. The highest BCUT2D eigenvalue weighted by Gasteiger charge is 2.77. The second-order valence-electron chi connectivity index (χ2n) is 12.3. The van der Waals surface area contributed by atoms with Gasteiger partial charge in [0.15, 0.2) is 0 Å². The van der Waals surface area contributed by atoms with Gasteiger partial charge in [-0.05, 0) is 44.9 Å². The number of rotatable bonds is 12. The van der Waals surface area contributed by atoms with Crippen molar-refractivity contribution >= 4 is 33.7 Å². The van der Waals surface area contributed by atoms with Crippen molar-refractivity contribution in [3.63, 3.8) is 0 Å². The molecule has 1 N–H and O–H groups in total. The van der Waals surface area contributed by atoms with E-state index in [1.54, 1.807) is 17.1 Å². The Balaban J connectivity index is 2.01. The molecule has 9 heteroatoms. The summed E-state index contributed by atoms with van der Waals surface area (Å²) in [5, 5.41) is 9.84. The number of carbonyl (C=O) groups excluding carboxylic acids is 3. The molecule has 0 aromatic rings. The van der Waals surface area contributed by atoms with Crippen molar-refractivity contribution in [3.8, 4) is 0 Å². The van der Waals surface area contributed by atoms with E-state index in [-0.39, 0.29) is 41.8 Å². The van der Waals surface area contributed by atoms with Gasteiger partial charge in [-0.25, -0.2) is 0 Å². The third-order valence-corrected chi connectivity index (χ3v) is 8.55. The molecule has 2 amide bonds. The highest BCUT2D eigenvalue weighted by Crippen LogP contribution is 2.60. The molecule has 3 aliphatic rings. The number of halogens is 1. The first kappa shape index (κ1) is 29.8. The highest BCUT2D eigenvalue weighted by atomic mass is 79.9. The first-order valence-electron chi connectivity index (χ1n) is 13.2. The molecule has 3 saturated heterocycles. The number of carbonyl (C=O) groups is 3. The summed E-state index contributed by atoms with van der Waals surface area (Å²) < 4.78 is 12.1. The van der Waals surface area contributed by atoms with Gasteiger partial charge in [-0.1, -0.05) is 48.9 Å². The van der Waals surface area contributed by atoms with Crippen LogP contribution in [0.5, 0.6) is 0 Å². The van der Waals surface area contributed by atoms with Crippen LogP contribution < -0.4 is 0 Å². The minimum absolute atomic E-state index is 0.0167. The second-order valence-corrected chi connectivity index (χ2v) is 13.5. The fourth-order valence-corrected chi connectivity index (χ4v) is 7.77. The lowest BCUT2D eigenvalue weighted by Crippen LogP contribution is -2.61. The minimum Gasteiger partial charge on any atom is -0.465 e. The predicted octanol–water partition coefficient (Wildman–Crippen LogP) is 3.47. The van der Waals surface area contributed by atoms with Gasteiger partial charge in [0.25, 0.3) is 0 Å². The van der Waals surface area contributed by atoms with E-state index in [1.807, 2.05) is 13.8 Å². The molecule has 208 valence electrons. The molecule has 0 saturated carbocycles. The number of fused-ring (bicyclic) bond motifs is 1. The van der Waals surface area contributed by atoms with Gasteiger partial charge in [-0.2, -0.15) is 0 Å². The van der Waals surface area contributed by atoms with E-state index < -0.39 is 41.1 Å². The van der Waals surface area contributed by atoms with Crippen molar-refractivity contribution in [2.45, 2.75) is 88.4 Å². The number of β-amino-alcohol motifs (C(OH)–C–C–N with tert-alkyl or cyclic N) is 1. The third kappa shape index (κ3) is 5.55. The quantitative estimate of drug-likeness (QED) is 0.164. The number of amides is 2. The minimum atomic E-state index is -1.18. The van der Waals surface area contributed by atoms with E-state index >= 15 is 0 Å². The predicted molar refractivity (Wildman–Crippen MR) is 145 cm³/mol. The van der Waals surface area contributed by atoms with Gasteiger partial charge in [0.2, 0.25) is 11.8 Å². The fraction of sp³-hybridized carbons (Fsp3) is 0.750. The largest absolute Gasteiger partial charge is 0.465 e. The van der Waals surface area contributed by atoms with Crippen molar-refractivity contribution in [2.75, 3.05) is 26.3 Å². The van der Waals surface area contributed by atoms with E-state index in [4.69, 9.17) is 9.47 Å². The number of hydrogen-bond acceptors (Lipinski definition) is 6. The maximum Gasteiger partial charge on any atom is 0.312 e. The number of aliphatic hydroxyl groups excluding tert-OH is 1. The van der Waals surface area contributed by atoms with Crippen LogP contribution in [-0.4, -0.2) is 87.1 Å². The maximum atomic E-state index is 14.4. The molecule has 3 fully saturated rings. The number of hydrogen-bond donors (Lipinski definition) is 1. The molecule has 3 rings (SSSR count). The van der Waals surface area contributed by atoms with Gasteiger partial charge in [-0.15, -0.1) is 13.2 Å². The summed E-state index contributed by atoms with van der Waals surface area (Å²) in [6.45, 7) is 18.2. The zero-order valence-electron chi connectivity index (χ0n) is 22.9. The third-order valence-electron chi connectivity index (χ3n) is 7.70. The van der Waals surface area contributed by atoms with Crippen molar-refractivity contribution in [2.24, 2.45) is 17.3 Å². The molecule has 0 radical (unpaired) electrons. The lowest BCUT2D eigenvalue weighted by Gasteiger charge is -2.45. The topological polar surface area (TPSA) is 96.4 Å². The van der Waals surface area contributed by atoms with Gasteiger partial charge in [0, 0.05) is 23.5 Å². The molecule has 3 heterocycles. The summed E-state index contributed by atoms with van der Waals surface area (Å²) in [4.78, 5) is 44.5. The van der Waals surface area contributed by atoms with Crippen LogP contribution in [0.3, 0.4) is 0 Å². The molecule has 0 aromatic heterocycles. The summed E-state index contributed by atoms with van der Waals surface area (Å²) in [6, 6.07) is -0.958. The van der Waals surface area contributed by atoms with Crippen LogP contribution in [0.25, 0.3) is 0 Å². The Morgan fingerprint density at radius 3 is 2.51 bits per heavy atom. The Hall–Kier alpha value is -1.71. The molecule has 0 aliphatic carbocycles. The van der Waals surface area contributed by atoms with Gasteiger partial charge < -0.3 is 24.4 Å². The zero-order chi connectivity index (χ0) is 27.8. The number of esters is 1. The maximum absolute atomic E-state index is 14.4. The van der Waals surface area contributed by atoms with E-state index in [2.05, 4.69) is 49.9 Å². The normalized spacial score (nSPS) is 30.8. The van der Waals surface area contributed by atoms with Gasteiger partial charge >= 0.3 is 5.97 Å². The van der Waals surface area contributed by atoms with Gasteiger partial charge in [0.1, 0.15) is 11.6 Å². The van der Waals surface area contributed by atoms with Crippen LogP contribution in [0, 0.1) is 17.3 Å². The Morgan fingerprint density at radius 1 is 1.27 bits per heavy atom. The monoisotopic (exact) mass is 582 g/mol. The average molecular weight is 584 g/mol. The average Bonchev–Trinajstić information content (AvgIpc) is 3.37. The first-order valence-corrected chi connectivity index (χ1v) is 14.1. The lowest BCUT2D eigenvalue weighted by molar-refractivity contribution is -0.156. The zero-order valence-corrected chi connectivity index (χ0v) is 24.5. The van der Waals surface area contributed by atoms with Crippen molar-refractivity contribution in [3.05, 3.63) is 25.3 Å². The summed E-state index contributed by atoms with van der Waals surface area (Å²) in [5.74, 6) is -2.72. The van der Waals surface area contributed by atoms with Crippen LogP contribution in [0.15, 0.2) is 25.3 Å². The SMILES string of the molecule is C=CCCCOC(=O)[C@H]1[C@@H]2OC3(CC2Br)C(C(=O)N(CC=C)C(C)(C)CC(C)(C)C)N(CCO)C(=O)[C@H]13. The second kappa shape index (κ2) is 11.2. The van der Waals surface area contributed by atoms with Crippen LogP contribution in [0.1, 0.15) is 60.3 Å². The van der Waals surface area contributed by atoms with Gasteiger partial charge in [0.05, 0.1) is 31.2 Å². The van der Waals surface area contributed by atoms with Crippen molar-refractivity contribution < 1.29 is 29.0 Å². The molecule has 1 spiro atoms. The molecular weight excluding hydrogens is 540 g/mol. The summed E-state index contributed by atoms with van der Waals surface area (Å²) in [6.07, 6.45) is 5.38. The van der Waals surface area contributed by atoms with E-state index in [9.17, 15) is 19.5 Å². The molecule has 2 bridgehead atoms.